The molecule has 4 rings (SSSR count). The van der Waals surface area contributed by atoms with Crippen LogP contribution in [0.4, 0.5) is 0 Å². The van der Waals surface area contributed by atoms with Crippen LogP contribution in [-0.2, 0) is 25.9 Å². The second kappa shape index (κ2) is 11.4. The lowest BCUT2D eigenvalue weighted by atomic mass is 9.98. The van der Waals surface area contributed by atoms with E-state index >= 15 is 0 Å². The van der Waals surface area contributed by atoms with Gasteiger partial charge in [0.05, 0.1) is 6.54 Å². The maximum absolute atomic E-state index is 13.3. The molecule has 0 aliphatic rings. The third-order valence-electron chi connectivity index (χ3n) is 6.35. The fraction of sp³-hybridized carbons (Fsp3) is 0.241. The van der Waals surface area contributed by atoms with Gasteiger partial charge in [-0.1, -0.05) is 92.2 Å². The van der Waals surface area contributed by atoms with Crippen molar-refractivity contribution in [2.75, 3.05) is 0 Å². The zero-order chi connectivity index (χ0) is 24.6. The maximum atomic E-state index is 13.3. The van der Waals surface area contributed by atoms with Crippen molar-refractivity contribution in [1.29, 1.82) is 0 Å². The summed E-state index contributed by atoms with van der Waals surface area (Å²) in [6.07, 6.45) is 5.92. The summed E-state index contributed by atoms with van der Waals surface area (Å²) in [7, 11) is 0. The Kier molecular flexibility index (Phi) is 7.83. The third kappa shape index (κ3) is 5.72. The molecule has 180 valence electrons. The molecule has 3 aromatic carbocycles. The second-order valence-corrected chi connectivity index (χ2v) is 8.78. The lowest BCUT2D eigenvalue weighted by molar-refractivity contribution is 0.626. The highest BCUT2D eigenvalue weighted by molar-refractivity contribution is 6.03. The average molecular weight is 468 g/mol. The summed E-state index contributed by atoms with van der Waals surface area (Å²) in [5.74, 6) is 5.71. The summed E-state index contributed by atoms with van der Waals surface area (Å²) in [5, 5.41) is 3.65. The molecule has 0 aliphatic carbocycles. The summed E-state index contributed by atoms with van der Waals surface area (Å²) in [5.41, 5.74) is 12.2. The zero-order valence-corrected chi connectivity index (χ0v) is 20.2. The third-order valence-corrected chi connectivity index (χ3v) is 6.35. The van der Waals surface area contributed by atoms with Crippen LogP contribution >= 0.6 is 0 Å². The fourth-order valence-corrected chi connectivity index (χ4v) is 4.36. The number of imidazole rings is 1. The molecular weight excluding hydrogens is 434 g/mol. The number of benzene rings is 3. The minimum Gasteiger partial charge on any atom is -0.382 e. The molecule has 0 amide bonds. The largest absolute Gasteiger partial charge is 0.382 e. The Morgan fingerprint density at radius 1 is 0.886 bits per heavy atom. The molecule has 0 saturated heterocycles. The standard InChI is InChI=1S/C29H33N5O/c1-2-3-11-25-21-33(19-18-22-9-5-4-6-10-22)29(35)34(25)20-23-14-16-24(17-15-23)26-12-7-8-13-27(26)28(30)32-31/h4-10,12-17,21H,2-3,11,18-20,31H2,1H3,(H2,30,32). The second-order valence-electron chi connectivity index (χ2n) is 8.78. The van der Waals surface area contributed by atoms with Gasteiger partial charge in [0.25, 0.3) is 0 Å². The Labute approximate surface area is 206 Å². The van der Waals surface area contributed by atoms with Gasteiger partial charge in [-0.3, -0.25) is 9.13 Å². The molecule has 0 bridgehead atoms. The van der Waals surface area contributed by atoms with Gasteiger partial charge in [0.1, 0.15) is 0 Å². The van der Waals surface area contributed by atoms with Gasteiger partial charge >= 0.3 is 5.69 Å². The number of aromatic nitrogens is 2. The molecule has 0 radical (unpaired) electrons. The predicted octanol–water partition coefficient (Wildman–Crippen LogP) is 4.53. The number of nitrogens with two attached hydrogens (primary N) is 2. The predicted molar refractivity (Wildman–Crippen MR) is 143 cm³/mol. The molecule has 4 N–H and O–H groups in total. The van der Waals surface area contributed by atoms with Crippen LogP contribution in [0.1, 0.15) is 42.1 Å². The highest BCUT2D eigenvalue weighted by Crippen LogP contribution is 2.24. The summed E-state index contributed by atoms with van der Waals surface area (Å²) in [4.78, 5) is 13.3. The molecule has 0 aliphatic heterocycles. The first-order valence-corrected chi connectivity index (χ1v) is 12.2. The number of hydrogen-bond acceptors (Lipinski definition) is 3. The SMILES string of the molecule is CCCCc1cn(CCc2ccccc2)c(=O)n1Cc1ccc(-c2ccccc2/C(N)=N/N)cc1. The van der Waals surface area contributed by atoms with Crippen molar-refractivity contribution in [1.82, 2.24) is 9.13 Å². The first-order chi connectivity index (χ1) is 17.1. The van der Waals surface area contributed by atoms with Gasteiger partial charge in [-0.05, 0) is 41.5 Å². The Hall–Kier alpha value is -4.06. The number of hydrogen-bond donors (Lipinski definition) is 2. The molecule has 0 saturated carbocycles. The number of amidine groups is 1. The Balaban J connectivity index is 1.57. The van der Waals surface area contributed by atoms with Crippen LogP contribution in [-0.4, -0.2) is 15.0 Å². The van der Waals surface area contributed by atoms with Crippen LogP contribution < -0.4 is 17.3 Å². The first kappa shape index (κ1) is 24.1. The van der Waals surface area contributed by atoms with Crippen LogP contribution in [0.3, 0.4) is 0 Å². The van der Waals surface area contributed by atoms with Gasteiger partial charge in [-0.25, -0.2) is 4.79 Å². The fourth-order valence-electron chi connectivity index (χ4n) is 4.36. The van der Waals surface area contributed by atoms with E-state index in [-0.39, 0.29) is 5.69 Å². The lowest BCUT2D eigenvalue weighted by Crippen LogP contribution is -2.26. The van der Waals surface area contributed by atoms with E-state index in [1.54, 1.807) is 0 Å². The molecule has 0 fully saturated rings. The van der Waals surface area contributed by atoms with Gasteiger partial charge in [-0.15, -0.1) is 0 Å². The zero-order valence-electron chi connectivity index (χ0n) is 20.2. The molecule has 0 unspecified atom stereocenters. The van der Waals surface area contributed by atoms with E-state index in [2.05, 4.69) is 48.4 Å². The van der Waals surface area contributed by atoms with E-state index < -0.39 is 0 Å². The van der Waals surface area contributed by atoms with E-state index in [9.17, 15) is 4.79 Å². The summed E-state index contributed by atoms with van der Waals surface area (Å²) >= 11 is 0. The summed E-state index contributed by atoms with van der Waals surface area (Å²) < 4.78 is 3.78. The molecular formula is C29H33N5O. The van der Waals surface area contributed by atoms with Crippen molar-refractivity contribution in [2.24, 2.45) is 16.7 Å². The number of rotatable bonds is 10. The highest BCUT2D eigenvalue weighted by atomic mass is 16.1. The van der Waals surface area contributed by atoms with Crippen molar-refractivity contribution < 1.29 is 0 Å². The van der Waals surface area contributed by atoms with Gasteiger partial charge in [-0.2, -0.15) is 5.10 Å². The van der Waals surface area contributed by atoms with E-state index in [1.807, 2.05) is 57.8 Å². The molecule has 1 aromatic heterocycles. The lowest BCUT2D eigenvalue weighted by Gasteiger charge is -2.11. The van der Waals surface area contributed by atoms with Crippen LogP contribution in [0, 0.1) is 0 Å². The Morgan fingerprint density at radius 2 is 1.60 bits per heavy atom. The number of nitrogens with zero attached hydrogens (tertiary/aromatic N) is 3. The summed E-state index contributed by atoms with van der Waals surface area (Å²) in [6.45, 7) is 3.40. The highest BCUT2D eigenvalue weighted by Gasteiger charge is 2.13. The molecule has 4 aromatic rings. The van der Waals surface area contributed by atoms with Crippen molar-refractivity contribution >= 4 is 5.84 Å². The Bertz CT molecular complexity index is 1330. The van der Waals surface area contributed by atoms with Crippen molar-refractivity contribution in [3.05, 3.63) is 118 Å². The smallest absolute Gasteiger partial charge is 0.328 e. The monoisotopic (exact) mass is 467 g/mol. The molecule has 1 heterocycles. The molecule has 6 nitrogen and oxygen atoms in total. The van der Waals surface area contributed by atoms with Crippen molar-refractivity contribution in [3.63, 3.8) is 0 Å². The number of unbranched alkanes of at least 4 members (excludes halogenated alkanes) is 1. The van der Waals surface area contributed by atoms with Crippen LogP contribution in [0.5, 0.6) is 0 Å². The minimum atomic E-state index is 0.0494. The van der Waals surface area contributed by atoms with Gasteiger partial charge < -0.3 is 11.6 Å². The van der Waals surface area contributed by atoms with E-state index in [4.69, 9.17) is 11.6 Å². The van der Waals surface area contributed by atoms with Gasteiger partial charge in [0.2, 0.25) is 0 Å². The van der Waals surface area contributed by atoms with Crippen molar-refractivity contribution in [2.45, 2.75) is 45.7 Å². The quantitative estimate of drug-likeness (QED) is 0.155. The van der Waals surface area contributed by atoms with Crippen LogP contribution in [0.2, 0.25) is 0 Å². The van der Waals surface area contributed by atoms with Crippen molar-refractivity contribution in [3.8, 4) is 11.1 Å². The normalized spacial score (nSPS) is 11.6. The van der Waals surface area contributed by atoms with Gasteiger partial charge in [0.15, 0.2) is 5.84 Å². The van der Waals surface area contributed by atoms with Crippen LogP contribution in [0.15, 0.2) is 95.0 Å². The molecule has 6 heteroatoms. The first-order valence-electron chi connectivity index (χ1n) is 12.2. The molecule has 0 atom stereocenters. The minimum absolute atomic E-state index is 0.0494. The van der Waals surface area contributed by atoms with E-state index in [0.29, 0.717) is 18.9 Å². The number of hydrazone groups is 1. The Morgan fingerprint density at radius 3 is 2.31 bits per heavy atom. The average Bonchev–Trinajstić information content (AvgIpc) is 3.20. The molecule has 0 spiro atoms. The van der Waals surface area contributed by atoms with Crippen LogP contribution in [0.25, 0.3) is 11.1 Å². The number of aryl methyl sites for hydroxylation is 3. The maximum Gasteiger partial charge on any atom is 0.328 e. The van der Waals surface area contributed by atoms with Gasteiger partial charge in [0, 0.05) is 24.0 Å². The topological polar surface area (TPSA) is 91.3 Å². The summed E-state index contributed by atoms with van der Waals surface area (Å²) in [6, 6.07) is 26.3. The van der Waals surface area contributed by atoms with E-state index in [0.717, 1.165) is 53.6 Å². The van der Waals surface area contributed by atoms with E-state index in [1.165, 1.54) is 5.56 Å². The molecule has 35 heavy (non-hydrogen) atoms.